The molecule has 170 valence electrons. The van der Waals surface area contributed by atoms with E-state index in [9.17, 15) is 13.6 Å². The molecule has 4 aromatic rings. The second-order valence-electron chi connectivity index (χ2n) is 7.58. The zero-order valence-corrected chi connectivity index (χ0v) is 18.1. The van der Waals surface area contributed by atoms with Crippen LogP contribution < -0.4 is 14.8 Å². The fraction of sp³-hybridized carbons (Fsp3) is 0.200. The molecule has 6 nitrogen and oxygen atoms in total. The van der Waals surface area contributed by atoms with E-state index in [1.807, 2.05) is 30.3 Å². The van der Waals surface area contributed by atoms with Gasteiger partial charge in [-0.05, 0) is 42.8 Å². The SMILES string of the molecule is CC(=O)N[C@@H](C)COc1ccc2nc(-c3ccc(OCc4ccccc4)c(F)c3)oc2c1F. The van der Waals surface area contributed by atoms with Crippen LogP contribution in [0.4, 0.5) is 8.78 Å². The molecule has 0 radical (unpaired) electrons. The van der Waals surface area contributed by atoms with Gasteiger partial charge >= 0.3 is 0 Å². The molecular formula is C25H22F2N2O4. The number of aromatic nitrogens is 1. The van der Waals surface area contributed by atoms with Gasteiger partial charge in [-0.25, -0.2) is 9.37 Å². The topological polar surface area (TPSA) is 73.6 Å². The fourth-order valence-corrected chi connectivity index (χ4v) is 3.27. The summed E-state index contributed by atoms with van der Waals surface area (Å²) in [5.74, 6) is -1.37. The highest BCUT2D eigenvalue weighted by molar-refractivity contribution is 5.78. The van der Waals surface area contributed by atoms with Gasteiger partial charge in [0.2, 0.25) is 17.6 Å². The zero-order valence-electron chi connectivity index (χ0n) is 18.1. The maximum absolute atomic E-state index is 14.9. The second kappa shape index (κ2) is 9.68. The molecule has 8 heteroatoms. The molecule has 0 fully saturated rings. The smallest absolute Gasteiger partial charge is 0.227 e. The van der Waals surface area contributed by atoms with E-state index in [0.717, 1.165) is 5.56 Å². The summed E-state index contributed by atoms with van der Waals surface area (Å²) in [4.78, 5) is 15.3. The number of halogens is 2. The molecule has 0 spiro atoms. The van der Waals surface area contributed by atoms with Gasteiger partial charge in [0.05, 0.1) is 6.04 Å². The predicted molar refractivity (Wildman–Crippen MR) is 119 cm³/mol. The molecule has 1 heterocycles. The summed E-state index contributed by atoms with van der Waals surface area (Å²) in [6.45, 7) is 3.45. The van der Waals surface area contributed by atoms with Gasteiger partial charge in [0.15, 0.2) is 22.9 Å². The van der Waals surface area contributed by atoms with Crippen LogP contribution in [0.25, 0.3) is 22.6 Å². The highest BCUT2D eigenvalue weighted by Gasteiger charge is 2.18. The number of nitrogens with one attached hydrogen (secondary N) is 1. The molecule has 0 saturated carbocycles. The van der Waals surface area contributed by atoms with Crippen LogP contribution >= 0.6 is 0 Å². The van der Waals surface area contributed by atoms with Crippen molar-refractivity contribution in [3.63, 3.8) is 0 Å². The van der Waals surface area contributed by atoms with Crippen molar-refractivity contribution in [2.75, 3.05) is 6.61 Å². The van der Waals surface area contributed by atoms with Gasteiger partial charge in [0, 0.05) is 12.5 Å². The van der Waals surface area contributed by atoms with Crippen LogP contribution in [0.5, 0.6) is 11.5 Å². The van der Waals surface area contributed by atoms with Crippen molar-refractivity contribution in [3.05, 3.63) is 77.9 Å². The van der Waals surface area contributed by atoms with Gasteiger partial charge < -0.3 is 19.2 Å². The molecule has 1 aromatic heterocycles. The van der Waals surface area contributed by atoms with Gasteiger partial charge in [-0.15, -0.1) is 0 Å². The third-order valence-electron chi connectivity index (χ3n) is 4.82. The Morgan fingerprint density at radius 1 is 1.06 bits per heavy atom. The molecule has 4 rings (SSSR count). The van der Waals surface area contributed by atoms with E-state index >= 15 is 0 Å². The first-order valence-corrected chi connectivity index (χ1v) is 10.4. The lowest BCUT2D eigenvalue weighted by atomic mass is 10.2. The number of amides is 1. The van der Waals surface area contributed by atoms with E-state index in [-0.39, 0.29) is 53.7 Å². The van der Waals surface area contributed by atoms with Gasteiger partial charge in [-0.1, -0.05) is 30.3 Å². The number of carbonyl (C=O) groups excluding carboxylic acids is 1. The monoisotopic (exact) mass is 452 g/mol. The number of rotatable bonds is 8. The maximum Gasteiger partial charge on any atom is 0.227 e. The quantitative estimate of drug-likeness (QED) is 0.395. The van der Waals surface area contributed by atoms with Crippen molar-refractivity contribution in [2.24, 2.45) is 0 Å². The van der Waals surface area contributed by atoms with Crippen molar-refractivity contribution < 1.29 is 27.5 Å². The van der Waals surface area contributed by atoms with Crippen molar-refractivity contribution in [2.45, 2.75) is 26.5 Å². The summed E-state index contributed by atoms with van der Waals surface area (Å²) in [6, 6.07) is 16.4. The second-order valence-corrected chi connectivity index (χ2v) is 7.58. The minimum atomic E-state index is -0.718. The van der Waals surface area contributed by atoms with E-state index in [0.29, 0.717) is 5.56 Å². The van der Waals surface area contributed by atoms with Crippen LogP contribution in [0.15, 0.2) is 65.1 Å². The van der Waals surface area contributed by atoms with Gasteiger partial charge in [-0.2, -0.15) is 4.39 Å². The molecule has 1 amide bonds. The number of benzene rings is 3. The minimum absolute atomic E-state index is 0.0294. The average molecular weight is 452 g/mol. The van der Waals surface area contributed by atoms with Crippen LogP contribution in [-0.4, -0.2) is 23.5 Å². The van der Waals surface area contributed by atoms with E-state index < -0.39 is 11.6 Å². The Bertz CT molecular complexity index is 1270. The van der Waals surface area contributed by atoms with E-state index in [4.69, 9.17) is 13.9 Å². The first kappa shape index (κ1) is 22.3. The molecule has 0 aliphatic rings. The lowest BCUT2D eigenvalue weighted by molar-refractivity contribution is -0.119. The Hall–Kier alpha value is -3.94. The molecule has 0 bridgehead atoms. The van der Waals surface area contributed by atoms with Crippen molar-refractivity contribution in [1.29, 1.82) is 0 Å². The van der Waals surface area contributed by atoms with Crippen LogP contribution in [-0.2, 0) is 11.4 Å². The van der Waals surface area contributed by atoms with Crippen LogP contribution in [0.3, 0.4) is 0 Å². The molecular weight excluding hydrogens is 430 g/mol. The molecule has 3 aromatic carbocycles. The lowest BCUT2D eigenvalue weighted by Crippen LogP contribution is -2.35. The third-order valence-corrected chi connectivity index (χ3v) is 4.82. The Labute approximate surface area is 189 Å². The molecule has 0 aliphatic carbocycles. The van der Waals surface area contributed by atoms with E-state index in [2.05, 4.69) is 10.3 Å². The number of carbonyl (C=O) groups is 1. The van der Waals surface area contributed by atoms with Crippen molar-refractivity contribution in [3.8, 4) is 23.0 Å². The zero-order chi connectivity index (χ0) is 23.4. The normalized spacial score (nSPS) is 11.9. The highest BCUT2D eigenvalue weighted by atomic mass is 19.1. The fourth-order valence-electron chi connectivity index (χ4n) is 3.27. The Morgan fingerprint density at radius 3 is 2.55 bits per heavy atom. The highest BCUT2D eigenvalue weighted by Crippen LogP contribution is 2.32. The first-order valence-electron chi connectivity index (χ1n) is 10.4. The number of fused-ring (bicyclic) bond motifs is 1. The summed E-state index contributed by atoms with van der Waals surface area (Å²) < 4.78 is 46.1. The van der Waals surface area contributed by atoms with Gasteiger partial charge in [0.1, 0.15) is 18.7 Å². The van der Waals surface area contributed by atoms with Crippen LogP contribution in [0.2, 0.25) is 0 Å². The summed E-state index contributed by atoms with van der Waals surface area (Å²) in [5.41, 5.74) is 1.44. The maximum atomic E-state index is 14.9. The molecule has 1 atom stereocenters. The summed E-state index contributed by atoms with van der Waals surface area (Å²) in [6.07, 6.45) is 0. The van der Waals surface area contributed by atoms with E-state index in [1.54, 1.807) is 19.1 Å². The number of hydrogen-bond donors (Lipinski definition) is 1. The molecule has 0 aliphatic heterocycles. The summed E-state index contributed by atoms with van der Waals surface area (Å²) >= 11 is 0. The Balaban J connectivity index is 1.50. The third kappa shape index (κ3) is 5.28. The summed E-state index contributed by atoms with van der Waals surface area (Å²) in [5, 5.41) is 2.66. The van der Waals surface area contributed by atoms with Crippen LogP contribution in [0, 0.1) is 11.6 Å². The largest absolute Gasteiger partial charge is 0.488 e. The number of hydrogen-bond acceptors (Lipinski definition) is 5. The minimum Gasteiger partial charge on any atom is -0.488 e. The van der Waals surface area contributed by atoms with Gasteiger partial charge in [0.25, 0.3) is 0 Å². The number of nitrogens with zero attached hydrogens (tertiary/aromatic N) is 1. The molecule has 0 saturated heterocycles. The molecule has 0 unspecified atom stereocenters. The van der Waals surface area contributed by atoms with Crippen molar-refractivity contribution in [1.82, 2.24) is 10.3 Å². The predicted octanol–water partition coefficient (Wildman–Crippen LogP) is 5.26. The summed E-state index contributed by atoms with van der Waals surface area (Å²) in [7, 11) is 0. The first-order chi connectivity index (χ1) is 15.9. The number of oxazole rings is 1. The Kier molecular flexibility index (Phi) is 6.53. The van der Waals surface area contributed by atoms with E-state index in [1.165, 1.54) is 25.1 Å². The lowest BCUT2D eigenvalue weighted by Gasteiger charge is -2.14. The molecule has 33 heavy (non-hydrogen) atoms. The Morgan fingerprint density at radius 2 is 1.82 bits per heavy atom. The standard InChI is InChI=1S/C25H22F2N2O4/c1-15(28-16(2)30)13-31-22-11-9-20-24(23(22)27)33-25(29-20)18-8-10-21(19(26)12-18)32-14-17-6-4-3-5-7-17/h3-12,15H,13-14H2,1-2H3,(H,28,30)/t15-/m0/s1. The number of ether oxygens (including phenoxy) is 2. The van der Waals surface area contributed by atoms with Crippen molar-refractivity contribution >= 4 is 17.0 Å². The average Bonchev–Trinajstić information content (AvgIpc) is 3.23. The van der Waals surface area contributed by atoms with Crippen LogP contribution in [0.1, 0.15) is 19.4 Å². The van der Waals surface area contributed by atoms with Gasteiger partial charge in [-0.3, -0.25) is 4.79 Å². The molecule has 1 N–H and O–H groups in total.